The van der Waals surface area contributed by atoms with E-state index in [9.17, 15) is 4.57 Å². The number of fused-ring (bicyclic) bond motifs is 11. The average Bonchev–Trinajstić information content (AvgIpc) is 3.53. The highest BCUT2D eigenvalue weighted by Gasteiger charge is 2.51. The molecule has 9 rings (SSSR count). The molecule has 214 valence electrons. The van der Waals surface area contributed by atoms with Gasteiger partial charge in [0.2, 0.25) is 0 Å². The van der Waals surface area contributed by atoms with Crippen LogP contribution in [-0.4, -0.2) is 13.3 Å². The maximum absolute atomic E-state index is 12.5. The second kappa shape index (κ2) is 9.51. The average molecular weight is 595 g/mol. The van der Waals surface area contributed by atoms with Crippen molar-refractivity contribution in [1.29, 1.82) is 0 Å². The monoisotopic (exact) mass is 594 g/mol. The molecule has 0 aromatic heterocycles. The molecule has 0 unspecified atom stereocenters. The Morgan fingerprint density at radius 3 is 1.44 bits per heavy atom. The maximum atomic E-state index is 12.5. The largest absolute Gasteiger partial charge is 0.319 e. The summed E-state index contributed by atoms with van der Waals surface area (Å²) in [5.41, 5.74) is 15.1. The van der Waals surface area contributed by atoms with Crippen LogP contribution in [0.15, 0.2) is 152 Å². The Kier molecular flexibility index (Phi) is 5.59. The third kappa shape index (κ3) is 3.78. The Morgan fingerprint density at radius 2 is 0.844 bits per heavy atom. The summed E-state index contributed by atoms with van der Waals surface area (Å²) in [5, 5.41) is 3.45. The van der Waals surface area contributed by atoms with Crippen molar-refractivity contribution in [3.05, 3.63) is 174 Å². The Balaban J connectivity index is 1.22. The first-order chi connectivity index (χ1) is 21.9. The van der Waals surface area contributed by atoms with Crippen LogP contribution in [0.4, 0.5) is 0 Å². The molecule has 2 aliphatic carbocycles. The summed E-state index contributed by atoms with van der Waals surface area (Å²) in [6, 6.07) is 55.7. The van der Waals surface area contributed by atoms with Crippen LogP contribution in [-0.2, 0) is 9.98 Å². The molecule has 2 heteroatoms. The highest BCUT2D eigenvalue weighted by molar-refractivity contribution is 7.70. The van der Waals surface area contributed by atoms with Crippen molar-refractivity contribution in [1.82, 2.24) is 0 Å². The molecule has 1 nitrogen and oxygen atoms in total. The van der Waals surface area contributed by atoms with Crippen LogP contribution < -0.4 is 5.30 Å². The summed E-state index contributed by atoms with van der Waals surface area (Å²) in [6.07, 6.45) is 0. The minimum atomic E-state index is -2.27. The Labute approximate surface area is 264 Å². The topological polar surface area (TPSA) is 17.1 Å². The predicted molar refractivity (Wildman–Crippen MR) is 190 cm³/mol. The van der Waals surface area contributed by atoms with E-state index in [2.05, 4.69) is 140 Å². The summed E-state index contributed by atoms with van der Waals surface area (Å²) >= 11 is 0. The zero-order valence-corrected chi connectivity index (χ0v) is 26.2. The smallest absolute Gasteiger partial charge is 0.109 e. The minimum Gasteiger partial charge on any atom is -0.319 e. The molecule has 0 bridgehead atoms. The van der Waals surface area contributed by atoms with Gasteiger partial charge in [0.15, 0.2) is 0 Å². The number of hydrogen-bond acceptors (Lipinski definition) is 1. The van der Waals surface area contributed by atoms with E-state index in [1.54, 1.807) is 0 Å². The molecular formula is C43H31OP. The highest BCUT2D eigenvalue weighted by Crippen LogP contribution is 2.63. The van der Waals surface area contributed by atoms with Gasteiger partial charge in [0.1, 0.15) is 7.14 Å². The second-order valence-electron chi connectivity index (χ2n) is 12.8. The van der Waals surface area contributed by atoms with Crippen molar-refractivity contribution in [2.45, 2.75) is 5.41 Å². The number of benzene rings is 7. The van der Waals surface area contributed by atoms with Crippen molar-refractivity contribution in [3.8, 4) is 44.5 Å². The molecule has 0 radical (unpaired) electrons. The molecule has 7 aromatic rings. The van der Waals surface area contributed by atoms with E-state index in [0.717, 1.165) is 16.4 Å². The minimum absolute atomic E-state index is 0.350. The molecule has 0 atom stereocenters. The fourth-order valence-corrected chi connectivity index (χ4v) is 8.74. The van der Waals surface area contributed by atoms with Gasteiger partial charge in [-0.25, -0.2) is 0 Å². The van der Waals surface area contributed by atoms with Crippen molar-refractivity contribution in [2.75, 3.05) is 13.3 Å². The standard InChI is InChI=1S/C43H31OP/c1-45(2,44)34-22-19-29(20-23-34)28-15-17-30(18-16-28)33-21-24-41-37(26-33)38-25-31-9-3-4-10-32(31)27-42(38)43(41)39-13-7-5-11-35(39)36-12-6-8-14-40(36)43/h3-27H,1-2H3. The molecule has 45 heavy (non-hydrogen) atoms. The van der Waals surface area contributed by atoms with E-state index in [-0.39, 0.29) is 5.41 Å². The summed E-state index contributed by atoms with van der Waals surface area (Å²) in [7, 11) is -2.27. The van der Waals surface area contributed by atoms with E-state index in [0.29, 0.717) is 0 Å². The lowest BCUT2D eigenvalue weighted by molar-refractivity contribution is 0.588. The predicted octanol–water partition coefficient (Wildman–Crippen LogP) is 10.8. The second-order valence-corrected chi connectivity index (χ2v) is 16.0. The van der Waals surface area contributed by atoms with Gasteiger partial charge in [0.05, 0.1) is 5.41 Å². The quantitative estimate of drug-likeness (QED) is 0.186. The van der Waals surface area contributed by atoms with Gasteiger partial charge in [-0.3, -0.25) is 0 Å². The molecule has 1 spiro atoms. The van der Waals surface area contributed by atoms with Crippen molar-refractivity contribution < 1.29 is 4.57 Å². The van der Waals surface area contributed by atoms with Crippen LogP contribution in [0.3, 0.4) is 0 Å². The fraction of sp³-hybridized carbons (Fsp3) is 0.0698. The number of rotatable bonds is 3. The van der Waals surface area contributed by atoms with Crippen LogP contribution in [0.1, 0.15) is 22.3 Å². The number of hydrogen-bond donors (Lipinski definition) is 0. The normalized spacial score (nSPS) is 13.8. The third-order valence-electron chi connectivity index (χ3n) is 10.00. The highest BCUT2D eigenvalue weighted by atomic mass is 31.2. The van der Waals surface area contributed by atoms with Gasteiger partial charge in [0, 0.05) is 5.30 Å². The van der Waals surface area contributed by atoms with Crippen molar-refractivity contribution in [3.63, 3.8) is 0 Å². The van der Waals surface area contributed by atoms with E-state index in [1.807, 2.05) is 25.5 Å². The van der Waals surface area contributed by atoms with E-state index < -0.39 is 7.14 Å². The zero-order chi connectivity index (χ0) is 30.3. The van der Waals surface area contributed by atoms with Gasteiger partial charge in [-0.05, 0) is 109 Å². The van der Waals surface area contributed by atoms with Crippen LogP contribution in [0, 0.1) is 0 Å². The molecule has 0 amide bonds. The van der Waals surface area contributed by atoms with E-state index in [1.165, 1.54) is 66.4 Å². The Bertz CT molecular complexity index is 2310. The first-order valence-corrected chi connectivity index (χ1v) is 18.2. The lowest BCUT2D eigenvalue weighted by Crippen LogP contribution is -2.25. The van der Waals surface area contributed by atoms with Crippen LogP contribution in [0.25, 0.3) is 55.3 Å². The Hall–Kier alpha value is -4.97. The summed E-state index contributed by atoms with van der Waals surface area (Å²) < 4.78 is 12.5. The van der Waals surface area contributed by atoms with Crippen molar-refractivity contribution >= 4 is 23.2 Å². The summed E-state index contributed by atoms with van der Waals surface area (Å²) in [4.78, 5) is 0. The van der Waals surface area contributed by atoms with Gasteiger partial charge in [-0.2, -0.15) is 0 Å². The molecular weight excluding hydrogens is 563 g/mol. The first-order valence-electron chi connectivity index (χ1n) is 15.6. The third-order valence-corrected chi connectivity index (χ3v) is 11.5. The fourth-order valence-electron chi connectivity index (χ4n) is 7.88. The maximum Gasteiger partial charge on any atom is 0.109 e. The first kappa shape index (κ1) is 26.4. The summed E-state index contributed by atoms with van der Waals surface area (Å²) in [6.45, 7) is 3.64. The molecule has 0 N–H and O–H groups in total. The van der Waals surface area contributed by atoms with Gasteiger partial charge in [-0.1, -0.05) is 133 Å². The SMILES string of the molecule is CP(C)(=O)c1ccc(-c2ccc(-c3ccc4c(c3)-c3cc5ccccc5cc3C43c4ccccc4-c4ccccc43)cc2)cc1. The van der Waals surface area contributed by atoms with Crippen LogP contribution >= 0.6 is 7.14 Å². The van der Waals surface area contributed by atoms with Crippen LogP contribution in [0.2, 0.25) is 0 Å². The molecule has 0 aliphatic heterocycles. The lowest BCUT2D eigenvalue weighted by atomic mass is 9.70. The van der Waals surface area contributed by atoms with E-state index >= 15 is 0 Å². The Morgan fingerprint density at radius 1 is 0.400 bits per heavy atom. The van der Waals surface area contributed by atoms with Crippen molar-refractivity contribution in [2.24, 2.45) is 0 Å². The molecule has 7 aromatic carbocycles. The lowest BCUT2D eigenvalue weighted by Gasteiger charge is -2.30. The van der Waals surface area contributed by atoms with Gasteiger partial charge >= 0.3 is 0 Å². The van der Waals surface area contributed by atoms with Gasteiger partial charge in [0.25, 0.3) is 0 Å². The molecule has 0 saturated carbocycles. The van der Waals surface area contributed by atoms with Crippen LogP contribution in [0.5, 0.6) is 0 Å². The van der Waals surface area contributed by atoms with Gasteiger partial charge in [-0.15, -0.1) is 0 Å². The summed E-state index contributed by atoms with van der Waals surface area (Å²) in [5.74, 6) is 0. The van der Waals surface area contributed by atoms with Gasteiger partial charge < -0.3 is 4.57 Å². The molecule has 0 saturated heterocycles. The zero-order valence-electron chi connectivity index (χ0n) is 25.3. The van der Waals surface area contributed by atoms with E-state index in [4.69, 9.17) is 0 Å². The molecule has 2 aliphatic rings. The molecule has 0 heterocycles. The molecule has 0 fully saturated rings.